The molecule has 11 heavy (non-hydrogen) atoms. The largest absolute Gasteiger partial charge is 0.351 e. The van der Waals surface area contributed by atoms with Crippen LogP contribution in [0.4, 0.5) is 10.6 Å². The lowest BCUT2D eigenvalue weighted by Gasteiger charge is -1.98. The minimum absolute atomic E-state index is 0.476. The Morgan fingerprint density at radius 1 is 1.64 bits per heavy atom. The maximum atomic E-state index is 10.3. The topological polar surface area (TPSA) is 68.0 Å². The van der Waals surface area contributed by atoms with E-state index in [0.29, 0.717) is 5.82 Å². The summed E-state index contributed by atoms with van der Waals surface area (Å²) in [6.45, 7) is 0. The zero-order valence-electron chi connectivity index (χ0n) is 5.54. The van der Waals surface area contributed by atoms with Crippen molar-refractivity contribution in [2.45, 2.75) is 0 Å². The Morgan fingerprint density at radius 2 is 2.36 bits per heavy atom. The molecule has 0 radical (unpaired) electrons. The van der Waals surface area contributed by atoms with Crippen molar-refractivity contribution in [2.24, 2.45) is 5.73 Å². The Hall–Kier alpha value is -0.850. The molecule has 4 nitrogen and oxygen atoms in total. The zero-order valence-corrected chi connectivity index (χ0v) is 7.70. The van der Waals surface area contributed by atoms with Gasteiger partial charge in [0.15, 0.2) is 0 Å². The third-order valence-electron chi connectivity index (χ3n) is 0.966. The van der Waals surface area contributed by atoms with Gasteiger partial charge in [-0.15, -0.1) is 0 Å². The van der Waals surface area contributed by atoms with E-state index < -0.39 is 6.03 Å². The van der Waals surface area contributed by atoms with Gasteiger partial charge in [0.05, 0.1) is 0 Å². The first kappa shape index (κ1) is 8.25. The second kappa shape index (κ2) is 3.51. The first-order valence-corrected chi connectivity index (χ1v) is 3.95. The smallest absolute Gasteiger partial charge is 0.317 e. The van der Waals surface area contributed by atoms with Crippen LogP contribution in [0.1, 0.15) is 0 Å². The molecule has 3 N–H and O–H groups in total. The molecule has 0 bridgehead atoms. The normalized spacial score (nSPS) is 9.18. The Balaban J connectivity index is 2.79. The quantitative estimate of drug-likeness (QED) is 0.590. The number of nitrogens with zero attached hydrogens (tertiary/aromatic N) is 1. The number of aromatic nitrogens is 1. The standard InChI is InChI=1S/C6H6IN3O/c7-4-2-1-3-5(9-4)10-6(8)11/h1-3H,(H3,8,9,10,11). The van der Waals surface area contributed by atoms with Gasteiger partial charge in [0, 0.05) is 0 Å². The van der Waals surface area contributed by atoms with Crippen molar-refractivity contribution in [3.8, 4) is 0 Å². The highest BCUT2D eigenvalue weighted by molar-refractivity contribution is 14.1. The van der Waals surface area contributed by atoms with Crippen molar-refractivity contribution < 1.29 is 4.79 Å². The lowest BCUT2D eigenvalue weighted by atomic mass is 10.5. The number of amides is 2. The highest BCUT2D eigenvalue weighted by Gasteiger charge is 1.95. The van der Waals surface area contributed by atoms with Gasteiger partial charge in [0.25, 0.3) is 0 Å². The molecule has 0 aliphatic carbocycles. The van der Waals surface area contributed by atoms with Crippen LogP contribution in [0.15, 0.2) is 18.2 Å². The lowest BCUT2D eigenvalue weighted by Crippen LogP contribution is -2.20. The summed E-state index contributed by atoms with van der Waals surface area (Å²) < 4.78 is 0.814. The van der Waals surface area contributed by atoms with E-state index in [2.05, 4.69) is 10.3 Å². The van der Waals surface area contributed by atoms with E-state index in [0.717, 1.165) is 3.70 Å². The van der Waals surface area contributed by atoms with E-state index >= 15 is 0 Å². The van der Waals surface area contributed by atoms with Crippen LogP contribution in [0.25, 0.3) is 0 Å². The van der Waals surface area contributed by atoms with Gasteiger partial charge in [0.1, 0.15) is 9.52 Å². The van der Waals surface area contributed by atoms with Gasteiger partial charge < -0.3 is 5.73 Å². The number of hydrogen-bond donors (Lipinski definition) is 2. The average Bonchev–Trinajstić information content (AvgIpc) is 1.85. The van der Waals surface area contributed by atoms with Gasteiger partial charge >= 0.3 is 6.03 Å². The highest BCUT2D eigenvalue weighted by Crippen LogP contribution is 2.05. The molecule has 0 aromatic carbocycles. The van der Waals surface area contributed by atoms with Crippen molar-refractivity contribution in [2.75, 3.05) is 5.32 Å². The number of carbonyl (C=O) groups is 1. The van der Waals surface area contributed by atoms with Crippen molar-refractivity contribution in [1.82, 2.24) is 4.98 Å². The van der Waals surface area contributed by atoms with Crippen molar-refractivity contribution in [3.05, 3.63) is 21.9 Å². The highest BCUT2D eigenvalue weighted by atomic mass is 127. The van der Waals surface area contributed by atoms with Crippen LogP contribution >= 0.6 is 22.6 Å². The monoisotopic (exact) mass is 263 g/mol. The minimum atomic E-state index is -0.598. The van der Waals surface area contributed by atoms with E-state index in [9.17, 15) is 4.79 Å². The second-order valence-corrected chi connectivity index (χ2v) is 2.94. The van der Waals surface area contributed by atoms with Crippen molar-refractivity contribution in [3.63, 3.8) is 0 Å². The first-order valence-electron chi connectivity index (χ1n) is 2.87. The fourth-order valence-electron chi connectivity index (χ4n) is 0.604. The van der Waals surface area contributed by atoms with E-state index in [4.69, 9.17) is 5.73 Å². The van der Waals surface area contributed by atoms with Gasteiger partial charge in [0.2, 0.25) is 0 Å². The molecule has 1 aromatic heterocycles. The molecule has 0 atom stereocenters. The Kier molecular flexibility index (Phi) is 2.64. The predicted octanol–water partition coefficient (Wildman–Crippen LogP) is 1.18. The molecular formula is C6H6IN3O. The molecule has 0 fully saturated rings. The van der Waals surface area contributed by atoms with Gasteiger partial charge in [-0.25, -0.2) is 9.78 Å². The molecule has 0 spiro atoms. The van der Waals surface area contributed by atoms with E-state index in [-0.39, 0.29) is 0 Å². The van der Waals surface area contributed by atoms with Crippen LogP contribution < -0.4 is 11.1 Å². The number of rotatable bonds is 1. The fourth-order valence-corrected chi connectivity index (χ4v) is 1.07. The Bertz CT molecular complexity index is 276. The minimum Gasteiger partial charge on any atom is -0.351 e. The summed E-state index contributed by atoms with van der Waals surface area (Å²) in [5.74, 6) is 0.476. The molecule has 1 rings (SSSR count). The summed E-state index contributed by atoms with van der Waals surface area (Å²) in [5, 5.41) is 2.37. The molecule has 0 aliphatic heterocycles. The van der Waals surface area contributed by atoms with E-state index in [1.807, 2.05) is 28.7 Å². The average molecular weight is 263 g/mol. The third-order valence-corrected chi connectivity index (χ3v) is 1.57. The predicted molar refractivity (Wildman–Crippen MR) is 50.2 cm³/mol. The van der Waals surface area contributed by atoms with Crippen molar-refractivity contribution >= 4 is 34.4 Å². The molecule has 1 aromatic rings. The van der Waals surface area contributed by atoms with E-state index in [1.54, 1.807) is 12.1 Å². The van der Waals surface area contributed by atoms with Crippen LogP contribution in [0.3, 0.4) is 0 Å². The van der Waals surface area contributed by atoms with Gasteiger partial charge in [-0.05, 0) is 34.7 Å². The molecule has 0 saturated heterocycles. The molecule has 0 saturated carbocycles. The van der Waals surface area contributed by atoms with Gasteiger partial charge in [-0.2, -0.15) is 0 Å². The number of nitrogens with one attached hydrogen (secondary N) is 1. The number of anilines is 1. The number of nitrogens with two attached hydrogens (primary N) is 1. The number of carbonyl (C=O) groups excluding carboxylic acids is 1. The summed E-state index contributed by atoms with van der Waals surface area (Å²) in [7, 11) is 0. The summed E-state index contributed by atoms with van der Waals surface area (Å²) >= 11 is 2.05. The van der Waals surface area contributed by atoms with Crippen LogP contribution in [0.5, 0.6) is 0 Å². The first-order chi connectivity index (χ1) is 5.18. The summed E-state index contributed by atoms with van der Waals surface area (Å²) in [6.07, 6.45) is 0. The molecule has 0 aliphatic rings. The number of urea groups is 1. The molecule has 5 heteroatoms. The maximum Gasteiger partial charge on any atom is 0.317 e. The van der Waals surface area contributed by atoms with Crippen LogP contribution in [-0.4, -0.2) is 11.0 Å². The Labute approximate surface area is 77.3 Å². The van der Waals surface area contributed by atoms with E-state index in [1.165, 1.54) is 0 Å². The number of hydrogen-bond acceptors (Lipinski definition) is 2. The molecular weight excluding hydrogens is 257 g/mol. The van der Waals surface area contributed by atoms with Crippen molar-refractivity contribution in [1.29, 1.82) is 0 Å². The number of halogens is 1. The SMILES string of the molecule is NC(=O)Nc1cccc(I)n1. The second-order valence-electron chi connectivity index (χ2n) is 1.83. The molecule has 58 valence electrons. The molecule has 2 amide bonds. The number of pyridine rings is 1. The van der Waals surface area contributed by atoms with Crippen LogP contribution in [-0.2, 0) is 0 Å². The van der Waals surface area contributed by atoms with Gasteiger partial charge in [-0.1, -0.05) is 6.07 Å². The molecule has 1 heterocycles. The third kappa shape index (κ3) is 2.71. The lowest BCUT2D eigenvalue weighted by molar-refractivity contribution is 0.259. The summed E-state index contributed by atoms with van der Waals surface area (Å²) in [4.78, 5) is 14.3. The fraction of sp³-hybridized carbons (Fsp3) is 0. The maximum absolute atomic E-state index is 10.3. The zero-order chi connectivity index (χ0) is 8.27. The van der Waals surface area contributed by atoms with Gasteiger partial charge in [-0.3, -0.25) is 5.32 Å². The summed E-state index contributed by atoms with van der Waals surface area (Å²) in [6, 6.07) is 4.69. The Morgan fingerprint density at radius 3 is 2.91 bits per heavy atom. The summed E-state index contributed by atoms with van der Waals surface area (Å²) in [5.41, 5.74) is 4.88. The molecule has 0 unspecified atom stereocenters. The number of primary amides is 1. The van der Waals surface area contributed by atoms with Crippen LogP contribution in [0, 0.1) is 3.70 Å². The van der Waals surface area contributed by atoms with Crippen LogP contribution in [0.2, 0.25) is 0 Å².